The zero-order valence-corrected chi connectivity index (χ0v) is 46.2. The van der Waals surface area contributed by atoms with Crippen LogP contribution >= 0.6 is 0 Å². The highest BCUT2D eigenvalue weighted by Crippen LogP contribution is 2.48. The van der Waals surface area contributed by atoms with E-state index in [2.05, 4.69) is 165 Å². The van der Waals surface area contributed by atoms with Gasteiger partial charge in [-0.3, -0.25) is 0 Å². The molecule has 3 aromatic heterocycles. The molecule has 0 saturated heterocycles. The van der Waals surface area contributed by atoms with Crippen molar-refractivity contribution >= 4 is 121 Å². The maximum absolute atomic E-state index is 14.4. The van der Waals surface area contributed by atoms with Gasteiger partial charge in [0.1, 0.15) is 46.0 Å². The van der Waals surface area contributed by atoms with Crippen molar-refractivity contribution in [2.75, 3.05) is 0 Å². The number of hydrogen-bond donors (Lipinski definition) is 0. The molecule has 12 aromatic carbocycles. The zero-order chi connectivity index (χ0) is 56.7. The molecule has 15 aromatic rings. The maximum Gasteiger partial charge on any atom is 0.260 e. The second kappa shape index (κ2) is 17.2. The van der Waals surface area contributed by atoms with Crippen LogP contribution in [0.3, 0.4) is 0 Å². The highest BCUT2D eigenvalue weighted by Gasteiger charge is 2.42. The molecule has 0 aliphatic carbocycles. The lowest BCUT2D eigenvalue weighted by molar-refractivity contribution is 0.463. The van der Waals surface area contributed by atoms with Gasteiger partial charge in [-0.15, -0.1) is 0 Å². The second-order valence-corrected chi connectivity index (χ2v) is 24.5. The van der Waals surface area contributed by atoms with Crippen molar-refractivity contribution in [1.82, 2.24) is 13.7 Å². The Kier molecular flexibility index (Phi) is 9.47. The SMILES string of the molecule is N#Cc1ccc(S(=O)(=O)c2ccc(-n3c4c(ccc5c4c4ccccc4n5-c4cc5c6c(c4)Oc4ccccc4B6c4ccccc4O5)c4ccc5c(c6ccccc6n5-c5cc6c7c(c5)Oc5ccccc5B7c5ccccc5O6)c43)cc2)cc1. The van der Waals surface area contributed by atoms with E-state index in [1.807, 2.05) is 60.7 Å². The van der Waals surface area contributed by atoms with Gasteiger partial charge in [-0.1, -0.05) is 121 Å². The summed E-state index contributed by atoms with van der Waals surface area (Å²) in [7, 11) is -3.97. The molecule has 7 heterocycles. The van der Waals surface area contributed by atoms with Gasteiger partial charge < -0.3 is 32.6 Å². The molecule has 0 N–H and O–H groups in total. The van der Waals surface area contributed by atoms with Crippen molar-refractivity contribution < 1.29 is 27.4 Å². The summed E-state index contributed by atoms with van der Waals surface area (Å²) in [5.41, 5.74) is 15.1. The highest BCUT2D eigenvalue weighted by atomic mass is 32.2. The molecule has 0 spiro atoms. The number of fused-ring (bicyclic) bond motifs is 19. The van der Waals surface area contributed by atoms with Gasteiger partial charge >= 0.3 is 0 Å². The Labute approximate surface area is 492 Å². The monoisotopic (exact) mass is 1120 g/mol. The minimum absolute atomic E-state index is 0.0742. The number of aromatic nitrogens is 3. The smallest absolute Gasteiger partial charge is 0.260 e. The van der Waals surface area contributed by atoms with Crippen molar-refractivity contribution in [3.05, 3.63) is 248 Å². The number of hydrogen-bond acceptors (Lipinski definition) is 7. The molecule has 0 atom stereocenters. The normalized spacial score (nSPS) is 13.3. The van der Waals surface area contributed by atoms with Crippen LogP contribution < -0.4 is 51.7 Å². The third kappa shape index (κ3) is 6.37. The van der Waals surface area contributed by atoms with E-state index in [-0.39, 0.29) is 23.2 Å². The molecule has 10 nitrogen and oxygen atoms in total. The lowest BCUT2D eigenvalue weighted by Crippen LogP contribution is -2.57. The van der Waals surface area contributed by atoms with Gasteiger partial charge in [0.05, 0.1) is 65.9 Å². The van der Waals surface area contributed by atoms with Crippen LogP contribution in [0.5, 0.6) is 46.0 Å². The molecule has 0 bridgehead atoms. The Morgan fingerprint density at radius 2 is 0.698 bits per heavy atom. The van der Waals surface area contributed by atoms with Gasteiger partial charge in [-0.2, -0.15) is 5.26 Å². The number of rotatable bonds is 5. The van der Waals surface area contributed by atoms with Crippen molar-refractivity contribution in [1.29, 1.82) is 5.26 Å². The predicted molar refractivity (Wildman–Crippen MR) is 341 cm³/mol. The van der Waals surface area contributed by atoms with Crippen LogP contribution in [0.25, 0.3) is 82.5 Å². The first kappa shape index (κ1) is 47.3. The summed E-state index contributed by atoms with van der Waals surface area (Å²) >= 11 is 0. The predicted octanol–water partition coefficient (Wildman–Crippen LogP) is 13.1. The van der Waals surface area contributed by atoms with Crippen LogP contribution in [0.2, 0.25) is 0 Å². The molecule has 4 aliphatic heterocycles. The summed E-state index contributed by atoms with van der Waals surface area (Å²) in [4.78, 5) is 0.245. The topological polar surface area (TPSA) is 110 Å². The summed E-state index contributed by atoms with van der Waals surface area (Å²) in [5.74, 6) is 6.21. The van der Waals surface area contributed by atoms with Crippen LogP contribution in [0.15, 0.2) is 252 Å². The first-order chi connectivity index (χ1) is 42.4. The van der Waals surface area contributed by atoms with E-state index in [1.54, 1.807) is 12.1 Å². The molecular weight excluding hydrogens is 1080 g/mol. The third-order valence-corrected chi connectivity index (χ3v) is 19.9. The molecule has 400 valence electrons. The van der Waals surface area contributed by atoms with Gasteiger partial charge in [0.25, 0.3) is 13.4 Å². The highest BCUT2D eigenvalue weighted by molar-refractivity contribution is 7.91. The molecule has 86 heavy (non-hydrogen) atoms. The van der Waals surface area contributed by atoms with Crippen LogP contribution in [0, 0.1) is 11.3 Å². The fraction of sp³-hybridized carbons (Fsp3) is 0. The van der Waals surface area contributed by atoms with Gasteiger partial charge in [-0.25, -0.2) is 8.42 Å². The van der Waals surface area contributed by atoms with Crippen LogP contribution in [-0.2, 0) is 9.84 Å². The molecule has 0 amide bonds. The minimum atomic E-state index is -3.97. The summed E-state index contributed by atoms with van der Waals surface area (Å²) in [6, 6.07) is 83.0. The molecule has 0 saturated carbocycles. The van der Waals surface area contributed by atoms with Crippen molar-refractivity contribution in [3.8, 4) is 69.1 Å². The average molecular weight is 1120 g/mol. The summed E-state index contributed by atoms with van der Waals surface area (Å²) in [6.07, 6.45) is 0. The Morgan fingerprint density at radius 1 is 0.337 bits per heavy atom. The Morgan fingerprint density at radius 3 is 1.09 bits per heavy atom. The largest absolute Gasteiger partial charge is 0.458 e. The Hall–Kier alpha value is -11.2. The minimum Gasteiger partial charge on any atom is -0.458 e. The summed E-state index contributed by atoms with van der Waals surface area (Å²) in [6.45, 7) is -0.148. The van der Waals surface area contributed by atoms with E-state index >= 15 is 0 Å². The van der Waals surface area contributed by atoms with Gasteiger partial charge in [0, 0.05) is 73.2 Å². The Balaban J connectivity index is 0.884. The van der Waals surface area contributed by atoms with Crippen LogP contribution in [0.1, 0.15) is 5.56 Å². The zero-order valence-electron chi connectivity index (χ0n) is 45.4. The molecule has 4 aliphatic rings. The lowest BCUT2D eigenvalue weighted by atomic mass is 9.35. The fourth-order valence-corrected chi connectivity index (χ4v) is 15.8. The first-order valence-corrected chi connectivity index (χ1v) is 30.1. The van der Waals surface area contributed by atoms with E-state index in [0.717, 1.165) is 161 Å². The van der Waals surface area contributed by atoms with Crippen molar-refractivity contribution in [2.45, 2.75) is 9.79 Å². The lowest BCUT2D eigenvalue weighted by Gasteiger charge is -2.33. The van der Waals surface area contributed by atoms with Gasteiger partial charge in [0.15, 0.2) is 0 Å². The summed E-state index contributed by atoms with van der Waals surface area (Å²) < 4.78 is 63.3. The number of ether oxygens (including phenoxy) is 4. The second-order valence-electron chi connectivity index (χ2n) is 22.5. The third-order valence-electron chi connectivity index (χ3n) is 18.1. The maximum atomic E-state index is 14.4. The molecule has 0 radical (unpaired) electrons. The molecular formula is C73H40B2N4O6S. The molecule has 0 fully saturated rings. The quantitative estimate of drug-likeness (QED) is 0.158. The van der Waals surface area contributed by atoms with E-state index in [1.165, 1.54) is 24.3 Å². The van der Waals surface area contributed by atoms with Crippen LogP contribution in [-0.4, -0.2) is 35.5 Å². The number of benzene rings is 12. The van der Waals surface area contributed by atoms with Crippen LogP contribution in [0.4, 0.5) is 0 Å². The molecule has 0 unspecified atom stereocenters. The fourth-order valence-electron chi connectivity index (χ4n) is 14.5. The Bertz CT molecular complexity index is 5300. The number of nitriles is 1. The summed E-state index contributed by atoms with van der Waals surface area (Å²) in [5, 5.41) is 15.7. The molecule has 13 heteroatoms. The van der Waals surface area contributed by atoms with Crippen molar-refractivity contribution in [2.24, 2.45) is 0 Å². The van der Waals surface area contributed by atoms with Gasteiger partial charge in [0.2, 0.25) is 9.84 Å². The van der Waals surface area contributed by atoms with Gasteiger partial charge in [-0.05, 0) is 119 Å². The van der Waals surface area contributed by atoms with E-state index in [4.69, 9.17) is 18.9 Å². The average Bonchev–Trinajstić information content (AvgIpc) is 1.57. The van der Waals surface area contributed by atoms with E-state index in [9.17, 15) is 13.7 Å². The van der Waals surface area contributed by atoms with E-state index in [0.29, 0.717) is 5.56 Å². The molecule has 19 rings (SSSR count). The number of nitrogens with zero attached hydrogens (tertiary/aromatic N) is 4. The number of sulfone groups is 1. The van der Waals surface area contributed by atoms with Crippen molar-refractivity contribution in [3.63, 3.8) is 0 Å². The standard InChI is InChI=1S/C73H40B2N4O6S/c76-41-42-25-29-46(30-26-42)86(80,81)47-31-27-43(28-32-47)79-72-48(33-35-58-68(72)50-13-1-7-19-56(50)77(58)44-37-64-70-65(38-44)83-61-22-10-4-16-53(61)74(70)52-15-3-9-21-60(52)82-64)49-34-36-59-69(73(49)79)51-14-2-8-20-57(51)78(59)45-39-66-71-67(40-45)85-63-24-12-6-18-55(63)75(71)54-17-5-11-23-62(54)84-66/h1-40H. The van der Waals surface area contributed by atoms with E-state index < -0.39 is 9.84 Å². The number of para-hydroxylation sites is 6. The first-order valence-electron chi connectivity index (χ1n) is 28.6.